The first-order valence-electron chi connectivity index (χ1n) is 5.62. The minimum atomic E-state index is -3.87. The maximum atomic E-state index is 11.4. The lowest BCUT2D eigenvalue weighted by Gasteiger charge is -2.08. The van der Waals surface area contributed by atoms with Crippen molar-refractivity contribution in [1.29, 1.82) is 0 Å². The number of hydrogen-bond acceptors (Lipinski definition) is 5. The molecule has 0 saturated heterocycles. The number of para-hydroxylation sites is 1. The Labute approximate surface area is 110 Å². The molecule has 2 N–H and O–H groups in total. The monoisotopic (exact) mass is 280 g/mol. The lowest BCUT2D eigenvalue weighted by Crippen LogP contribution is -2.18. The number of rotatable bonds is 2. The largest absolute Gasteiger partial charge is 0.492 e. The molecule has 1 aromatic heterocycles. The van der Waals surface area contributed by atoms with Crippen molar-refractivity contribution in [2.75, 3.05) is 6.61 Å². The molecule has 2 heterocycles. The minimum Gasteiger partial charge on any atom is -0.492 e. The molecular weight excluding hydrogens is 268 g/mol. The van der Waals surface area contributed by atoms with Crippen LogP contribution in [0.15, 0.2) is 29.4 Å². The average Bonchev–Trinajstić information content (AvgIpc) is 2.91. The fraction of sp³-hybridized carbons (Fsp3) is 0.273. The predicted molar refractivity (Wildman–Crippen MR) is 66.2 cm³/mol. The molecule has 1 aliphatic rings. The van der Waals surface area contributed by atoms with E-state index in [-0.39, 0.29) is 11.1 Å². The van der Waals surface area contributed by atoms with E-state index in [1.165, 1.54) is 4.57 Å². The van der Waals surface area contributed by atoms with E-state index in [0.29, 0.717) is 12.4 Å². The third-order valence-corrected chi connectivity index (χ3v) is 4.00. The lowest BCUT2D eigenvalue weighted by atomic mass is 10.0. The van der Waals surface area contributed by atoms with Crippen molar-refractivity contribution in [2.45, 2.75) is 11.1 Å². The summed E-state index contributed by atoms with van der Waals surface area (Å²) in [5.41, 5.74) is 0.971. The molecule has 0 radical (unpaired) electrons. The van der Waals surface area contributed by atoms with Gasteiger partial charge in [-0.05, 0) is 6.07 Å². The smallest absolute Gasteiger partial charge is 0.273 e. The third-order valence-electron chi connectivity index (χ3n) is 3.13. The van der Waals surface area contributed by atoms with Gasteiger partial charge in [-0.2, -0.15) is 0 Å². The molecule has 1 aliphatic heterocycles. The molecule has 3 rings (SSSR count). The molecule has 0 aliphatic carbocycles. The molecule has 19 heavy (non-hydrogen) atoms. The number of fused-ring (bicyclic) bond motifs is 1. The standard InChI is InChI=1S/C11H12N4O3S/c1-15-10(13-14-11(15)19(12,16)17)8-6-18-9-5-3-2-4-7(8)9/h2-5,8H,6H2,1H3,(H2,12,16,17). The van der Waals surface area contributed by atoms with Crippen LogP contribution in [0.4, 0.5) is 0 Å². The Bertz CT molecular complexity index is 738. The number of nitrogens with zero attached hydrogens (tertiary/aromatic N) is 3. The number of nitrogens with two attached hydrogens (primary N) is 1. The molecule has 0 bridgehead atoms. The van der Waals surface area contributed by atoms with Gasteiger partial charge in [0, 0.05) is 12.6 Å². The van der Waals surface area contributed by atoms with E-state index < -0.39 is 10.0 Å². The highest BCUT2D eigenvalue weighted by atomic mass is 32.2. The van der Waals surface area contributed by atoms with Crippen LogP contribution in [0.3, 0.4) is 0 Å². The fourth-order valence-electron chi connectivity index (χ4n) is 2.25. The first-order valence-corrected chi connectivity index (χ1v) is 7.17. The number of hydrogen-bond donors (Lipinski definition) is 1. The highest BCUT2D eigenvalue weighted by Gasteiger charge is 2.31. The maximum absolute atomic E-state index is 11.4. The summed E-state index contributed by atoms with van der Waals surface area (Å²) in [6, 6.07) is 7.58. The molecule has 1 aromatic carbocycles. The number of primary sulfonamides is 1. The zero-order valence-electron chi connectivity index (χ0n) is 10.1. The van der Waals surface area contributed by atoms with Crippen molar-refractivity contribution >= 4 is 10.0 Å². The van der Waals surface area contributed by atoms with Crippen molar-refractivity contribution in [3.63, 3.8) is 0 Å². The minimum absolute atomic E-state index is 0.135. The molecule has 0 spiro atoms. The summed E-state index contributed by atoms with van der Waals surface area (Å²) in [4.78, 5) is 0. The Hall–Kier alpha value is -1.93. The van der Waals surface area contributed by atoms with E-state index in [0.717, 1.165) is 11.3 Å². The SMILES string of the molecule is Cn1c(C2COc3ccccc32)nnc1S(N)(=O)=O. The summed E-state index contributed by atoms with van der Waals surface area (Å²) >= 11 is 0. The topological polar surface area (TPSA) is 100 Å². The van der Waals surface area contributed by atoms with Crippen LogP contribution in [0.1, 0.15) is 17.3 Å². The number of aromatic nitrogens is 3. The second kappa shape index (κ2) is 4.04. The Kier molecular flexibility index (Phi) is 2.58. The van der Waals surface area contributed by atoms with Gasteiger partial charge in [0.1, 0.15) is 18.2 Å². The van der Waals surface area contributed by atoms with Crippen molar-refractivity contribution in [1.82, 2.24) is 14.8 Å². The quantitative estimate of drug-likeness (QED) is 0.833. The van der Waals surface area contributed by atoms with Crippen molar-refractivity contribution in [3.8, 4) is 5.75 Å². The second-order valence-electron chi connectivity index (χ2n) is 4.35. The normalized spacial score (nSPS) is 18.1. The summed E-state index contributed by atoms with van der Waals surface area (Å²) in [7, 11) is -2.29. The summed E-state index contributed by atoms with van der Waals surface area (Å²) < 4.78 is 29.6. The first kappa shape index (κ1) is 12.1. The van der Waals surface area contributed by atoms with Crippen LogP contribution in [0.2, 0.25) is 0 Å². The van der Waals surface area contributed by atoms with Crippen molar-refractivity contribution in [3.05, 3.63) is 35.7 Å². The van der Waals surface area contributed by atoms with Gasteiger partial charge >= 0.3 is 0 Å². The van der Waals surface area contributed by atoms with E-state index in [9.17, 15) is 8.42 Å². The van der Waals surface area contributed by atoms with Gasteiger partial charge in [0.2, 0.25) is 0 Å². The fourth-order valence-corrected chi connectivity index (χ4v) is 2.88. The summed E-state index contributed by atoms with van der Waals surface area (Å²) in [6.07, 6.45) is 0. The van der Waals surface area contributed by atoms with E-state index in [1.54, 1.807) is 7.05 Å². The number of benzene rings is 1. The molecular formula is C11H12N4O3S. The van der Waals surface area contributed by atoms with Crippen LogP contribution >= 0.6 is 0 Å². The average molecular weight is 280 g/mol. The molecule has 0 saturated carbocycles. The third kappa shape index (κ3) is 1.89. The molecule has 7 nitrogen and oxygen atoms in total. The Balaban J connectivity index is 2.09. The molecule has 1 atom stereocenters. The van der Waals surface area contributed by atoms with Crippen molar-refractivity contribution < 1.29 is 13.2 Å². The van der Waals surface area contributed by atoms with Crippen LogP contribution in [0.25, 0.3) is 0 Å². The van der Waals surface area contributed by atoms with Gasteiger partial charge in [-0.1, -0.05) is 18.2 Å². The highest BCUT2D eigenvalue weighted by molar-refractivity contribution is 7.89. The second-order valence-corrected chi connectivity index (χ2v) is 5.80. The van der Waals surface area contributed by atoms with Crippen LogP contribution in [0.5, 0.6) is 5.75 Å². The highest BCUT2D eigenvalue weighted by Crippen LogP contribution is 2.37. The predicted octanol–water partition coefficient (Wildman–Crippen LogP) is -0.0132. The van der Waals surface area contributed by atoms with E-state index in [2.05, 4.69) is 10.2 Å². The number of sulfonamides is 1. The van der Waals surface area contributed by atoms with Crippen LogP contribution < -0.4 is 9.88 Å². The Morgan fingerprint density at radius 1 is 1.37 bits per heavy atom. The van der Waals surface area contributed by atoms with Crippen molar-refractivity contribution in [2.24, 2.45) is 12.2 Å². The Morgan fingerprint density at radius 2 is 2.11 bits per heavy atom. The summed E-state index contributed by atoms with van der Waals surface area (Å²) in [6.45, 7) is 0.413. The molecule has 1 unspecified atom stereocenters. The van der Waals surface area contributed by atoms with E-state index in [4.69, 9.17) is 9.88 Å². The lowest BCUT2D eigenvalue weighted by molar-refractivity contribution is 0.337. The molecule has 2 aromatic rings. The maximum Gasteiger partial charge on any atom is 0.273 e. The van der Waals surface area contributed by atoms with Gasteiger partial charge in [-0.25, -0.2) is 13.6 Å². The van der Waals surface area contributed by atoms with Gasteiger partial charge in [-0.15, -0.1) is 10.2 Å². The van der Waals surface area contributed by atoms with E-state index in [1.807, 2.05) is 24.3 Å². The van der Waals surface area contributed by atoms with Crippen LogP contribution in [-0.2, 0) is 17.1 Å². The van der Waals surface area contributed by atoms with E-state index >= 15 is 0 Å². The van der Waals surface area contributed by atoms with Crippen LogP contribution in [0, 0.1) is 0 Å². The van der Waals surface area contributed by atoms with Gasteiger partial charge in [0.15, 0.2) is 0 Å². The zero-order chi connectivity index (χ0) is 13.6. The van der Waals surface area contributed by atoms with Crippen LogP contribution in [-0.4, -0.2) is 29.8 Å². The van der Waals surface area contributed by atoms with Gasteiger partial charge in [-0.3, -0.25) is 0 Å². The van der Waals surface area contributed by atoms with Gasteiger partial charge < -0.3 is 9.30 Å². The zero-order valence-corrected chi connectivity index (χ0v) is 11.0. The molecule has 100 valence electrons. The Morgan fingerprint density at radius 3 is 2.79 bits per heavy atom. The summed E-state index contributed by atoms with van der Waals surface area (Å²) in [5, 5.41) is 12.4. The molecule has 0 amide bonds. The van der Waals surface area contributed by atoms with Gasteiger partial charge in [0.25, 0.3) is 15.2 Å². The molecule has 0 fully saturated rings. The first-order chi connectivity index (χ1) is 8.98. The number of ether oxygens (including phenoxy) is 1. The van der Waals surface area contributed by atoms with Gasteiger partial charge in [0.05, 0.1) is 5.92 Å². The molecule has 8 heteroatoms. The summed E-state index contributed by atoms with van der Waals surface area (Å²) in [5.74, 6) is 1.17.